The number of hydrogen-bond acceptors (Lipinski definition) is 4. The molecule has 102 valence electrons. The molecule has 0 radical (unpaired) electrons. The molecule has 7 heteroatoms. The van der Waals surface area contributed by atoms with Crippen molar-refractivity contribution >= 4 is 16.3 Å². The van der Waals surface area contributed by atoms with Gasteiger partial charge in [-0.25, -0.2) is 4.18 Å². The Labute approximate surface area is 103 Å². The second-order valence-corrected chi connectivity index (χ2v) is 6.36. The summed E-state index contributed by atoms with van der Waals surface area (Å²) < 4.78 is 33.6. The molecule has 17 heavy (non-hydrogen) atoms. The van der Waals surface area contributed by atoms with Crippen LogP contribution >= 0.6 is 0 Å². The van der Waals surface area contributed by atoms with Crippen molar-refractivity contribution in [2.75, 3.05) is 6.61 Å². The molecule has 0 aromatic carbocycles. The third-order valence-electron chi connectivity index (χ3n) is 2.52. The van der Waals surface area contributed by atoms with Crippen LogP contribution in [0.2, 0.25) is 0 Å². The molecule has 0 unspecified atom stereocenters. The van der Waals surface area contributed by atoms with Gasteiger partial charge in [-0.05, 0) is 20.3 Å². The number of carbonyl (C=O) groups is 1. The van der Waals surface area contributed by atoms with Gasteiger partial charge in [-0.15, -0.1) is 0 Å². The normalized spacial score (nSPS) is 13.5. The molecule has 6 nitrogen and oxygen atoms in total. The Bertz CT molecular complexity index is 372. The lowest BCUT2D eigenvalue weighted by Gasteiger charge is -2.30. The largest absolute Gasteiger partial charge is 0.397 e. The van der Waals surface area contributed by atoms with E-state index in [2.05, 4.69) is 9.50 Å². The van der Waals surface area contributed by atoms with Gasteiger partial charge in [0.25, 0.3) is 0 Å². The lowest BCUT2D eigenvalue weighted by molar-refractivity contribution is -0.131. The van der Waals surface area contributed by atoms with Crippen molar-refractivity contribution in [3.05, 3.63) is 0 Å². The van der Waals surface area contributed by atoms with Gasteiger partial charge in [0.15, 0.2) is 0 Å². The minimum absolute atomic E-state index is 0.191. The second-order valence-electron chi connectivity index (χ2n) is 5.27. The number of rotatable bonds is 6. The number of hydrogen-bond donors (Lipinski definition) is 2. The maximum Gasteiger partial charge on any atom is 0.397 e. The first-order chi connectivity index (χ1) is 7.40. The van der Waals surface area contributed by atoms with E-state index in [4.69, 9.17) is 4.55 Å². The number of carbonyl (C=O) groups excluding carboxylic acids is 1. The Morgan fingerprint density at radius 3 is 2.12 bits per heavy atom. The molecule has 0 fully saturated rings. The maximum atomic E-state index is 11.9. The van der Waals surface area contributed by atoms with E-state index in [1.165, 1.54) is 0 Å². The Kier molecular flexibility index (Phi) is 5.12. The summed E-state index contributed by atoms with van der Waals surface area (Å²) in [5.41, 5.74) is -1.41. The van der Waals surface area contributed by atoms with Gasteiger partial charge in [0.2, 0.25) is 5.91 Å². The fourth-order valence-electron chi connectivity index (χ4n) is 0.895. The summed E-state index contributed by atoms with van der Waals surface area (Å²) in [5.74, 6) is -0.191. The molecule has 0 rings (SSSR count). The predicted molar refractivity (Wildman–Crippen MR) is 63.8 cm³/mol. The standard InChI is InChI=1S/C10H21NO5S/c1-6-9(2,3)8(12)11-10(4,5)7-16-17(13,14)15/h6-7H2,1-5H3,(H,11,12)(H,13,14,15). The molecule has 0 aliphatic rings. The van der Waals surface area contributed by atoms with E-state index >= 15 is 0 Å². The molecule has 0 atom stereocenters. The molecule has 0 aliphatic heterocycles. The molecule has 0 bridgehead atoms. The molecule has 0 aliphatic carbocycles. The molecular formula is C10H21NO5S. The van der Waals surface area contributed by atoms with Crippen LogP contribution in [-0.4, -0.2) is 31.0 Å². The van der Waals surface area contributed by atoms with Crippen LogP contribution in [-0.2, 0) is 19.4 Å². The molecule has 0 spiro atoms. The third kappa shape index (κ3) is 6.60. The Balaban J connectivity index is 4.51. The minimum Gasteiger partial charge on any atom is -0.348 e. The zero-order valence-electron chi connectivity index (χ0n) is 10.9. The molecule has 0 aromatic heterocycles. The fourth-order valence-corrected chi connectivity index (χ4v) is 1.34. The minimum atomic E-state index is -4.49. The highest BCUT2D eigenvalue weighted by atomic mass is 32.3. The highest BCUT2D eigenvalue weighted by Gasteiger charge is 2.31. The zero-order chi connectivity index (χ0) is 13.9. The van der Waals surface area contributed by atoms with Gasteiger partial charge in [0.1, 0.15) is 0 Å². The highest BCUT2D eigenvalue weighted by molar-refractivity contribution is 7.80. The van der Waals surface area contributed by atoms with E-state index in [-0.39, 0.29) is 12.5 Å². The van der Waals surface area contributed by atoms with Crippen LogP contribution in [0.4, 0.5) is 0 Å². The average molecular weight is 267 g/mol. The first-order valence-electron chi connectivity index (χ1n) is 5.34. The van der Waals surface area contributed by atoms with E-state index in [1.54, 1.807) is 27.7 Å². The number of amides is 1. The smallest absolute Gasteiger partial charge is 0.348 e. The van der Waals surface area contributed by atoms with Gasteiger partial charge < -0.3 is 5.32 Å². The van der Waals surface area contributed by atoms with Crippen molar-refractivity contribution in [2.45, 2.75) is 46.6 Å². The van der Waals surface area contributed by atoms with Crippen LogP contribution in [0.1, 0.15) is 41.0 Å². The molecule has 2 N–H and O–H groups in total. The Morgan fingerprint density at radius 1 is 1.29 bits per heavy atom. The fraction of sp³-hybridized carbons (Fsp3) is 0.900. The van der Waals surface area contributed by atoms with E-state index in [0.29, 0.717) is 6.42 Å². The predicted octanol–water partition coefficient (Wildman–Crippen LogP) is 1.14. The van der Waals surface area contributed by atoms with Crippen molar-refractivity contribution in [3.8, 4) is 0 Å². The monoisotopic (exact) mass is 267 g/mol. The van der Waals surface area contributed by atoms with Crippen molar-refractivity contribution in [3.63, 3.8) is 0 Å². The van der Waals surface area contributed by atoms with Crippen LogP contribution in [0.5, 0.6) is 0 Å². The van der Waals surface area contributed by atoms with Crippen LogP contribution < -0.4 is 5.32 Å². The third-order valence-corrected chi connectivity index (χ3v) is 2.93. The zero-order valence-corrected chi connectivity index (χ0v) is 11.7. The molecular weight excluding hydrogens is 246 g/mol. The van der Waals surface area contributed by atoms with Crippen molar-refractivity contribution in [2.24, 2.45) is 5.41 Å². The van der Waals surface area contributed by atoms with Gasteiger partial charge in [-0.3, -0.25) is 9.35 Å². The van der Waals surface area contributed by atoms with Crippen LogP contribution in [0.25, 0.3) is 0 Å². The van der Waals surface area contributed by atoms with E-state index < -0.39 is 21.4 Å². The van der Waals surface area contributed by atoms with Crippen molar-refractivity contribution < 1.29 is 21.9 Å². The topological polar surface area (TPSA) is 92.7 Å². The van der Waals surface area contributed by atoms with Gasteiger partial charge >= 0.3 is 10.4 Å². The molecule has 0 heterocycles. The number of nitrogens with one attached hydrogen (secondary N) is 1. The second kappa shape index (κ2) is 5.32. The summed E-state index contributed by atoms with van der Waals surface area (Å²) >= 11 is 0. The van der Waals surface area contributed by atoms with Gasteiger partial charge in [0, 0.05) is 5.41 Å². The van der Waals surface area contributed by atoms with E-state index in [9.17, 15) is 13.2 Å². The van der Waals surface area contributed by atoms with Crippen molar-refractivity contribution in [1.29, 1.82) is 0 Å². The van der Waals surface area contributed by atoms with Crippen LogP contribution in [0, 0.1) is 5.41 Å². The SMILES string of the molecule is CCC(C)(C)C(=O)NC(C)(C)COS(=O)(=O)O. The molecule has 0 aromatic rings. The molecule has 1 amide bonds. The van der Waals surface area contributed by atoms with Gasteiger partial charge in [-0.2, -0.15) is 8.42 Å². The summed E-state index contributed by atoms with van der Waals surface area (Å²) in [7, 11) is -4.49. The lowest BCUT2D eigenvalue weighted by Crippen LogP contribution is -2.51. The van der Waals surface area contributed by atoms with Gasteiger partial charge in [-0.1, -0.05) is 20.8 Å². The van der Waals surface area contributed by atoms with E-state index in [1.807, 2.05) is 6.92 Å². The summed E-state index contributed by atoms with van der Waals surface area (Å²) in [4.78, 5) is 11.9. The first-order valence-corrected chi connectivity index (χ1v) is 6.70. The Morgan fingerprint density at radius 2 is 1.76 bits per heavy atom. The summed E-state index contributed by atoms with van der Waals surface area (Å²) in [6, 6.07) is 0. The lowest BCUT2D eigenvalue weighted by atomic mass is 9.88. The highest BCUT2D eigenvalue weighted by Crippen LogP contribution is 2.21. The summed E-state index contributed by atoms with van der Waals surface area (Å²) in [5, 5.41) is 2.68. The quantitative estimate of drug-likeness (QED) is 0.704. The summed E-state index contributed by atoms with van der Waals surface area (Å²) in [6.07, 6.45) is 0.661. The first kappa shape index (κ1) is 16.3. The molecule has 0 saturated heterocycles. The van der Waals surface area contributed by atoms with Crippen LogP contribution in [0.15, 0.2) is 0 Å². The van der Waals surface area contributed by atoms with Gasteiger partial charge in [0.05, 0.1) is 12.1 Å². The van der Waals surface area contributed by atoms with Crippen LogP contribution in [0.3, 0.4) is 0 Å². The average Bonchev–Trinajstić information content (AvgIpc) is 2.13. The van der Waals surface area contributed by atoms with E-state index in [0.717, 1.165) is 0 Å². The maximum absolute atomic E-state index is 11.9. The Hall–Kier alpha value is -0.660. The summed E-state index contributed by atoms with van der Waals surface area (Å²) in [6.45, 7) is 8.38. The van der Waals surface area contributed by atoms with Crippen molar-refractivity contribution in [1.82, 2.24) is 5.32 Å². The molecule has 0 saturated carbocycles.